The Bertz CT molecular complexity index is 949. The van der Waals surface area contributed by atoms with Gasteiger partial charge in [-0.2, -0.15) is 5.26 Å². The van der Waals surface area contributed by atoms with Crippen LogP contribution < -0.4 is 5.11 Å². The number of nitriles is 1. The van der Waals surface area contributed by atoms with Crippen molar-refractivity contribution in [3.05, 3.63) is 64.0 Å². The van der Waals surface area contributed by atoms with E-state index in [0.29, 0.717) is 11.3 Å². The van der Waals surface area contributed by atoms with Crippen LogP contribution in [0.3, 0.4) is 0 Å². The van der Waals surface area contributed by atoms with Crippen molar-refractivity contribution >= 4 is 28.4 Å². The van der Waals surface area contributed by atoms with E-state index in [1.807, 2.05) is 24.3 Å². The monoisotopic (exact) mass is 305 g/mol. The molecule has 1 heterocycles. The molecule has 0 spiro atoms. The molecule has 1 N–H and O–H groups in total. The molecule has 2 aromatic carbocycles. The van der Waals surface area contributed by atoms with Crippen LogP contribution in [-0.2, 0) is 0 Å². The van der Waals surface area contributed by atoms with Crippen molar-refractivity contribution < 1.29 is 10.0 Å². The molecule has 0 aliphatic rings. The van der Waals surface area contributed by atoms with E-state index in [9.17, 15) is 20.5 Å². The Labute approximate surface area is 130 Å². The van der Waals surface area contributed by atoms with Crippen LogP contribution in [0.5, 0.6) is 5.75 Å². The van der Waals surface area contributed by atoms with Crippen LogP contribution in [0.15, 0.2) is 42.5 Å². The average Bonchev–Trinajstić information content (AvgIpc) is 2.97. The summed E-state index contributed by atoms with van der Waals surface area (Å²) in [7, 11) is 0. The maximum Gasteiger partial charge on any atom is 0.262 e. The molecule has 0 saturated carbocycles. The number of imidazole rings is 1. The van der Waals surface area contributed by atoms with Gasteiger partial charge in [-0.3, -0.25) is 10.1 Å². The molecule has 0 saturated heterocycles. The number of aromatic amines is 1. The van der Waals surface area contributed by atoms with Crippen molar-refractivity contribution in [1.82, 2.24) is 9.97 Å². The molecule has 23 heavy (non-hydrogen) atoms. The molecule has 0 fully saturated rings. The first-order valence-corrected chi connectivity index (χ1v) is 6.61. The minimum atomic E-state index is -0.743. The van der Waals surface area contributed by atoms with E-state index < -0.39 is 16.4 Å². The summed E-state index contributed by atoms with van der Waals surface area (Å²) in [5, 5.41) is 32.2. The van der Waals surface area contributed by atoms with Crippen molar-refractivity contribution in [2.24, 2.45) is 0 Å². The lowest BCUT2D eigenvalue weighted by Crippen LogP contribution is -2.00. The molecule has 1 aromatic heterocycles. The fourth-order valence-corrected chi connectivity index (χ4v) is 2.19. The zero-order valence-electron chi connectivity index (χ0n) is 11.7. The number of nitro benzene ring substituents is 1. The van der Waals surface area contributed by atoms with Gasteiger partial charge < -0.3 is 10.1 Å². The summed E-state index contributed by atoms with van der Waals surface area (Å²) in [6.07, 6.45) is 1.30. The largest absolute Gasteiger partial charge is 0.867 e. The van der Waals surface area contributed by atoms with Crippen molar-refractivity contribution in [1.29, 1.82) is 5.26 Å². The van der Waals surface area contributed by atoms with Crippen LogP contribution in [0.1, 0.15) is 11.4 Å². The van der Waals surface area contributed by atoms with Gasteiger partial charge in [0.05, 0.1) is 21.5 Å². The maximum atomic E-state index is 12.0. The summed E-state index contributed by atoms with van der Waals surface area (Å²) in [5.74, 6) is -0.430. The first-order chi connectivity index (χ1) is 11.1. The number of rotatable bonds is 3. The Balaban J connectivity index is 2.11. The Hall–Kier alpha value is -3.66. The van der Waals surface area contributed by atoms with Crippen LogP contribution in [0.2, 0.25) is 0 Å². The molecule has 0 radical (unpaired) electrons. The number of fused-ring (bicyclic) bond motifs is 1. The highest BCUT2D eigenvalue weighted by Gasteiger charge is 2.11. The van der Waals surface area contributed by atoms with Gasteiger partial charge in [0.25, 0.3) is 5.69 Å². The van der Waals surface area contributed by atoms with E-state index in [2.05, 4.69) is 9.97 Å². The SMILES string of the molecule is N#C/C(=C\c1cccc([N+](=O)[O-])c1[O-])c1nc2ccccc2[nH]1. The van der Waals surface area contributed by atoms with E-state index in [0.717, 1.165) is 11.6 Å². The number of H-pyrrole nitrogens is 1. The number of hydrogen-bond donors (Lipinski definition) is 1. The lowest BCUT2D eigenvalue weighted by molar-refractivity contribution is -0.398. The first-order valence-electron chi connectivity index (χ1n) is 6.61. The van der Waals surface area contributed by atoms with Crippen LogP contribution >= 0.6 is 0 Å². The maximum absolute atomic E-state index is 12.0. The van der Waals surface area contributed by atoms with E-state index in [4.69, 9.17) is 0 Å². The van der Waals surface area contributed by atoms with Crippen LogP contribution in [0, 0.1) is 21.4 Å². The van der Waals surface area contributed by atoms with E-state index in [1.165, 1.54) is 18.2 Å². The Morgan fingerprint density at radius 2 is 2.04 bits per heavy atom. The molecule has 3 aromatic rings. The van der Waals surface area contributed by atoms with Crippen LogP contribution in [0.25, 0.3) is 22.7 Å². The van der Waals surface area contributed by atoms with Gasteiger partial charge >= 0.3 is 0 Å². The second-order valence-electron chi connectivity index (χ2n) is 4.72. The minimum Gasteiger partial charge on any atom is -0.867 e. The Morgan fingerprint density at radius 3 is 2.74 bits per heavy atom. The van der Waals surface area contributed by atoms with E-state index >= 15 is 0 Å². The van der Waals surface area contributed by atoms with Crippen LogP contribution in [-0.4, -0.2) is 14.9 Å². The quantitative estimate of drug-likeness (QED) is 0.453. The summed E-state index contributed by atoms with van der Waals surface area (Å²) < 4.78 is 0. The fourth-order valence-electron chi connectivity index (χ4n) is 2.19. The van der Waals surface area contributed by atoms with Crippen molar-refractivity contribution in [3.8, 4) is 11.8 Å². The molecule has 0 unspecified atom stereocenters. The van der Waals surface area contributed by atoms with Gasteiger partial charge in [-0.1, -0.05) is 24.3 Å². The van der Waals surface area contributed by atoms with Gasteiger partial charge in [-0.05, 0) is 29.5 Å². The van der Waals surface area contributed by atoms with Gasteiger partial charge in [0.15, 0.2) is 0 Å². The number of benzene rings is 2. The molecule has 0 aliphatic heterocycles. The summed E-state index contributed by atoms with van der Waals surface area (Å²) in [6, 6.07) is 13.2. The predicted octanol–water partition coefficient (Wildman–Crippen LogP) is 2.61. The number of allylic oxidation sites excluding steroid dienone is 1. The fraction of sp³-hybridized carbons (Fsp3) is 0. The third-order valence-corrected chi connectivity index (χ3v) is 3.29. The molecule has 3 rings (SSSR count). The molecule has 112 valence electrons. The highest BCUT2D eigenvalue weighted by atomic mass is 16.6. The number of nitro groups is 1. The normalized spacial score (nSPS) is 11.3. The van der Waals surface area contributed by atoms with Gasteiger partial charge in [0.2, 0.25) is 0 Å². The standard InChI is InChI=1S/C16H10N4O3/c17-9-11(16-18-12-5-1-2-6-13(12)19-16)8-10-4-3-7-14(15(10)21)20(22)23/h1-8,21H,(H,18,19)/p-1/b11-8+. The minimum absolute atomic E-state index is 0.0659. The smallest absolute Gasteiger partial charge is 0.262 e. The third kappa shape index (κ3) is 2.61. The highest BCUT2D eigenvalue weighted by Crippen LogP contribution is 2.29. The Kier molecular flexibility index (Phi) is 3.49. The number of hydrogen-bond acceptors (Lipinski definition) is 5. The molecular formula is C16H9N4O3-. The van der Waals surface area contributed by atoms with Crippen molar-refractivity contribution in [2.75, 3.05) is 0 Å². The molecular weight excluding hydrogens is 296 g/mol. The topological polar surface area (TPSA) is 119 Å². The Morgan fingerprint density at radius 1 is 1.26 bits per heavy atom. The van der Waals surface area contributed by atoms with Crippen LogP contribution in [0.4, 0.5) is 5.69 Å². The molecule has 0 aliphatic carbocycles. The molecule has 7 heteroatoms. The lowest BCUT2D eigenvalue weighted by atomic mass is 10.1. The number of nitrogens with zero attached hydrogens (tertiary/aromatic N) is 3. The van der Waals surface area contributed by atoms with Crippen molar-refractivity contribution in [3.63, 3.8) is 0 Å². The summed E-state index contributed by atoms with van der Waals surface area (Å²) in [5.41, 5.74) is 1.10. The molecule has 0 amide bonds. The summed E-state index contributed by atoms with van der Waals surface area (Å²) >= 11 is 0. The van der Waals surface area contributed by atoms with Gasteiger partial charge in [-0.25, -0.2) is 4.98 Å². The zero-order chi connectivity index (χ0) is 16.4. The van der Waals surface area contributed by atoms with Gasteiger partial charge in [0, 0.05) is 6.07 Å². The summed E-state index contributed by atoms with van der Waals surface area (Å²) in [4.78, 5) is 17.3. The van der Waals surface area contributed by atoms with Gasteiger partial charge in [-0.15, -0.1) is 0 Å². The molecule has 7 nitrogen and oxygen atoms in total. The number of para-hydroxylation sites is 3. The lowest BCUT2D eigenvalue weighted by Gasteiger charge is -2.10. The predicted molar refractivity (Wildman–Crippen MR) is 82.1 cm³/mol. The summed E-state index contributed by atoms with van der Waals surface area (Å²) in [6.45, 7) is 0. The number of nitrogens with one attached hydrogen (secondary N) is 1. The average molecular weight is 305 g/mol. The van der Waals surface area contributed by atoms with Crippen molar-refractivity contribution in [2.45, 2.75) is 0 Å². The highest BCUT2D eigenvalue weighted by molar-refractivity contribution is 5.91. The zero-order valence-corrected chi connectivity index (χ0v) is 11.7. The number of aromatic nitrogens is 2. The second kappa shape index (κ2) is 5.61. The van der Waals surface area contributed by atoms with E-state index in [1.54, 1.807) is 6.07 Å². The van der Waals surface area contributed by atoms with E-state index in [-0.39, 0.29) is 11.1 Å². The first kappa shape index (κ1) is 14.3. The molecule has 0 bridgehead atoms. The third-order valence-electron chi connectivity index (χ3n) is 3.29. The van der Waals surface area contributed by atoms with Gasteiger partial charge in [0.1, 0.15) is 11.9 Å². The second-order valence-corrected chi connectivity index (χ2v) is 4.72. The molecule has 0 atom stereocenters.